The Labute approximate surface area is 140 Å². The first kappa shape index (κ1) is 16.6. The van der Waals surface area contributed by atoms with Crippen LogP contribution in [0, 0.1) is 0 Å². The number of fused-ring (bicyclic) bond motifs is 1. The number of aromatic nitrogens is 1. The number of carbonyl (C=O) groups is 1. The molecule has 0 saturated carbocycles. The molecule has 1 aliphatic rings. The lowest BCUT2D eigenvalue weighted by Gasteiger charge is -2.14. The Kier molecular flexibility index (Phi) is 4.36. The third-order valence-corrected chi connectivity index (χ3v) is 4.08. The van der Waals surface area contributed by atoms with Crippen molar-refractivity contribution >= 4 is 17.5 Å². The van der Waals surface area contributed by atoms with E-state index in [1.807, 2.05) is 0 Å². The van der Waals surface area contributed by atoms with Gasteiger partial charge in [0.05, 0.1) is 23.0 Å². The van der Waals surface area contributed by atoms with Gasteiger partial charge in [0, 0.05) is 11.8 Å². The number of alkyl halides is 3. The van der Waals surface area contributed by atoms with Crippen LogP contribution in [0.3, 0.4) is 0 Å². The van der Waals surface area contributed by atoms with Gasteiger partial charge in [0.1, 0.15) is 6.61 Å². The zero-order valence-electron chi connectivity index (χ0n) is 12.2. The number of amides is 1. The molecule has 0 fully saturated rings. The highest BCUT2D eigenvalue weighted by Crippen LogP contribution is 2.36. The van der Waals surface area contributed by atoms with Gasteiger partial charge in [-0.3, -0.25) is 4.79 Å². The van der Waals surface area contributed by atoms with Gasteiger partial charge >= 0.3 is 6.18 Å². The second-order valence-electron chi connectivity index (χ2n) is 5.28. The van der Waals surface area contributed by atoms with Crippen LogP contribution in [0.2, 0.25) is 5.02 Å². The van der Waals surface area contributed by atoms with Crippen molar-refractivity contribution in [1.82, 2.24) is 10.3 Å². The van der Waals surface area contributed by atoms with Crippen molar-refractivity contribution < 1.29 is 22.7 Å². The van der Waals surface area contributed by atoms with Gasteiger partial charge in [-0.1, -0.05) is 23.7 Å². The van der Waals surface area contributed by atoms with E-state index >= 15 is 0 Å². The zero-order chi connectivity index (χ0) is 17.3. The van der Waals surface area contributed by atoms with Crippen LogP contribution < -0.4 is 10.1 Å². The van der Waals surface area contributed by atoms with E-state index in [4.69, 9.17) is 16.3 Å². The fourth-order valence-corrected chi connectivity index (χ4v) is 2.81. The van der Waals surface area contributed by atoms with Crippen LogP contribution in [0.15, 0.2) is 36.5 Å². The number of nitrogens with one attached hydrogen (secondary N) is 1. The normalized spacial score (nSPS) is 16.4. The quantitative estimate of drug-likeness (QED) is 0.915. The van der Waals surface area contributed by atoms with Crippen LogP contribution in [0.5, 0.6) is 5.88 Å². The van der Waals surface area contributed by atoms with Crippen molar-refractivity contribution in [1.29, 1.82) is 0 Å². The standard InChI is InChI=1S/C16H12ClF3N2O2/c17-14-9(3-1-5-11(14)16(18,19)20)7-13(23)22-12-8-24-15-10(12)4-2-6-21-15/h1-6,12H,7-8H2,(H,22,23)/t12-/m1/s1. The topological polar surface area (TPSA) is 51.2 Å². The highest BCUT2D eigenvalue weighted by Gasteiger charge is 2.34. The molecule has 0 unspecified atom stereocenters. The zero-order valence-corrected chi connectivity index (χ0v) is 13.0. The lowest BCUT2D eigenvalue weighted by Crippen LogP contribution is -2.30. The van der Waals surface area contributed by atoms with Gasteiger partial charge in [0.2, 0.25) is 11.8 Å². The second-order valence-corrected chi connectivity index (χ2v) is 5.66. The SMILES string of the molecule is O=C(Cc1cccc(C(F)(F)F)c1Cl)N[C@@H]1COc2ncccc21. The van der Waals surface area contributed by atoms with Crippen molar-refractivity contribution in [3.63, 3.8) is 0 Å². The fraction of sp³-hybridized carbons (Fsp3) is 0.250. The summed E-state index contributed by atoms with van der Waals surface area (Å²) in [6.45, 7) is 0.231. The predicted octanol–water partition coefficient (Wildman–Crippen LogP) is 3.55. The average Bonchev–Trinajstić information content (AvgIpc) is 2.91. The van der Waals surface area contributed by atoms with Crippen molar-refractivity contribution in [2.45, 2.75) is 18.6 Å². The number of ether oxygens (including phenoxy) is 1. The molecule has 2 heterocycles. The second kappa shape index (κ2) is 6.32. The number of nitrogens with zero attached hydrogens (tertiary/aromatic N) is 1. The van der Waals surface area contributed by atoms with E-state index < -0.39 is 22.7 Å². The van der Waals surface area contributed by atoms with E-state index in [1.54, 1.807) is 18.3 Å². The smallest absolute Gasteiger partial charge is 0.417 e. The molecule has 4 nitrogen and oxygen atoms in total. The van der Waals surface area contributed by atoms with E-state index in [1.165, 1.54) is 12.1 Å². The number of carbonyl (C=O) groups excluding carboxylic acids is 1. The van der Waals surface area contributed by atoms with Crippen LogP contribution in [-0.2, 0) is 17.4 Å². The minimum absolute atomic E-state index is 0.120. The molecule has 3 rings (SSSR count). The maximum atomic E-state index is 12.9. The monoisotopic (exact) mass is 356 g/mol. The third kappa shape index (κ3) is 3.31. The van der Waals surface area contributed by atoms with Gasteiger partial charge in [-0.05, 0) is 23.8 Å². The van der Waals surface area contributed by atoms with Crippen LogP contribution in [0.25, 0.3) is 0 Å². The molecule has 2 aromatic rings. The first-order valence-electron chi connectivity index (χ1n) is 7.08. The van der Waals surface area contributed by atoms with E-state index in [-0.39, 0.29) is 24.6 Å². The molecular formula is C16H12ClF3N2O2. The summed E-state index contributed by atoms with van der Waals surface area (Å²) in [6.07, 6.45) is -3.24. The molecule has 0 bridgehead atoms. The summed E-state index contributed by atoms with van der Waals surface area (Å²) < 4.78 is 43.9. The number of halogens is 4. The summed E-state index contributed by atoms with van der Waals surface area (Å²) in [7, 11) is 0. The lowest BCUT2D eigenvalue weighted by molar-refractivity contribution is -0.137. The van der Waals surface area contributed by atoms with Crippen LogP contribution in [0.4, 0.5) is 13.2 Å². The highest BCUT2D eigenvalue weighted by molar-refractivity contribution is 6.32. The maximum Gasteiger partial charge on any atom is 0.417 e. The molecular weight excluding hydrogens is 345 g/mol. The van der Waals surface area contributed by atoms with Gasteiger partial charge < -0.3 is 10.1 Å². The number of hydrogen-bond donors (Lipinski definition) is 1. The Bertz CT molecular complexity index is 780. The molecule has 1 N–H and O–H groups in total. The molecule has 0 radical (unpaired) electrons. The van der Waals surface area contributed by atoms with Gasteiger partial charge in [0.15, 0.2) is 0 Å². The summed E-state index contributed by atoms with van der Waals surface area (Å²) in [5.41, 5.74) is -0.0940. The summed E-state index contributed by atoms with van der Waals surface area (Å²) in [5.74, 6) is 0.00132. The molecule has 24 heavy (non-hydrogen) atoms. The van der Waals surface area contributed by atoms with Crippen LogP contribution >= 0.6 is 11.6 Å². The minimum atomic E-state index is -4.56. The first-order chi connectivity index (χ1) is 11.4. The summed E-state index contributed by atoms with van der Waals surface area (Å²) in [4.78, 5) is 16.2. The summed E-state index contributed by atoms with van der Waals surface area (Å²) in [5, 5.41) is 2.27. The molecule has 1 amide bonds. The number of hydrogen-bond acceptors (Lipinski definition) is 3. The number of rotatable bonds is 3. The van der Waals surface area contributed by atoms with Crippen molar-refractivity contribution in [3.05, 3.63) is 58.2 Å². The highest BCUT2D eigenvalue weighted by atomic mass is 35.5. The van der Waals surface area contributed by atoms with Gasteiger partial charge in [-0.25, -0.2) is 4.98 Å². The van der Waals surface area contributed by atoms with E-state index in [0.29, 0.717) is 5.88 Å². The molecule has 0 spiro atoms. The van der Waals surface area contributed by atoms with Gasteiger partial charge in [-0.2, -0.15) is 13.2 Å². The third-order valence-electron chi connectivity index (χ3n) is 3.63. The Morgan fingerprint density at radius 1 is 1.33 bits per heavy atom. The largest absolute Gasteiger partial charge is 0.475 e. The number of benzene rings is 1. The van der Waals surface area contributed by atoms with Gasteiger partial charge in [0.25, 0.3) is 0 Å². The van der Waals surface area contributed by atoms with Crippen molar-refractivity contribution in [2.75, 3.05) is 6.61 Å². The molecule has 0 aliphatic carbocycles. The number of pyridine rings is 1. The lowest BCUT2D eigenvalue weighted by atomic mass is 10.1. The molecule has 0 saturated heterocycles. The van der Waals surface area contributed by atoms with E-state index in [2.05, 4.69) is 10.3 Å². The molecule has 8 heteroatoms. The first-order valence-corrected chi connectivity index (χ1v) is 7.45. The molecule has 1 atom stereocenters. The predicted molar refractivity (Wildman–Crippen MR) is 80.8 cm³/mol. The Morgan fingerprint density at radius 2 is 2.12 bits per heavy atom. The van der Waals surface area contributed by atoms with Gasteiger partial charge in [-0.15, -0.1) is 0 Å². The van der Waals surface area contributed by atoms with Crippen molar-refractivity contribution in [3.8, 4) is 5.88 Å². The molecule has 1 aromatic carbocycles. The fourth-order valence-electron chi connectivity index (χ4n) is 2.51. The van der Waals surface area contributed by atoms with E-state index in [9.17, 15) is 18.0 Å². The van der Waals surface area contributed by atoms with Crippen LogP contribution in [-0.4, -0.2) is 17.5 Å². The Morgan fingerprint density at radius 3 is 2.88 bits per heavy atom. The molecule has 1 aliphatic heterocycles. The maximum absolute atomic E-state index is 12.9. The summed E-state index contributed by atoms with van der Waals surface area (Å²) in [6, 6.07) is 6.63. The molecule has 126 valence electrons. The summed E-state index contributed by atoms with van der Waals surface area (Å²) >= 11 is 5.80. The van der Waals surface area contributed by atoms with Crippen LogP contribution in [0.1, 0.15) is 22.7 Å². The van der Waals surface area contributed by atoms with Crippen molar-refractivity contribution in [2.24, 2.45) is 0 Å². The average molecular weight is 357 g/mol. The molecule has 1 aromatic heterocycles. The Balaban J connectivity index is 1.73. The van der Waals surface area contributed by atoms with E-state index in [0.717, 1.165) is 11.6 Å². The minimum Gasteiger partial charge on any atom is -0.475 e. The Hall–Kier alpha value is -2.28.